The lowest BCUT2D eigenvalue weighted by atomic mass is 9.45. The summed E-state index contributed by atoms with van der Waals surface area (Å²) in [6.45, 7) is 8.29. The second kappa shape index (κ2) is 14.1. The number of hydroxylamine groups is 3. The molecule has 5 fully saturated rings. The summed E-state index contributed by atoms with van der Waals surface area (Å²) in [5.74, 6) is 0.205. The van der Waals surface area contributed by atoms with Crippen LogP contribution < -0.4 is 25.8 Å². The Bertz CT molecular complexity index is 1610. The van der Waals surface area contributed by atoms with Crippen molar-refractivity contribution in [2.24, 2.45) is 29.1 Å². The molecular weight excluding hydrogens is 642 g/mol. The quantitative estimate of drug-likeness (QED) is 0.236. The highest BCUT2D eigenvalue weighted by molar-refractivity contribution is 6.00. The topological polar surface area (TPSA) is 162 Å². The molecule has 272 valence electrons. The predicted octanol–water partition coefficient (Wildman–Crippen LogP) is 2.25. The fourth-order valence-electron chi connectivity index (χ4n) is 8.68. The fourth-order valence-corrected chi connectivity index (χ4v) is 8.68. The lowest BCUT2D eigenvalue weighted by Crippen LogP contribution is -2.62. The van der Waals surface area contributed by atoms with Gasteiger partial charge in [-0.15, -0.1) is 0 Å². The van der Waals surface area contributed by atoms with E-state index >= 15 is 0 Å². The van der Waals surface area contributed by atoms with E-state index in [1.165, 1.54) is 6.42 Å². The molecule has 5 aliphatic rings. The summed E-state index contributed by atoms with van der Waals surface area (Å²) in [6, 6.07) is 9.42. The Labute approximate surface area is 293 Å². The Hall–Kier alpha value is -3.75. The molecule has 3 amide bonds. The van der Waals surface area contributed by atoms with Crippen LogP contribution in [-0.2, 0) is 25.8 Å². The van der Waals surface area contributed by atoms with Crippen molar-refractivity contribution in [2.75, 3.05) is 39.3 Å². The van der Waals surface area contributed by atoms with E-state index < -0.39 is 42.0 Å². The van der Waals surface area contributed by atoms with Crippen LogP contribution in [0.15, 0.2) is 36.4 Å². The maximum Gasteiger partial charge on any atom is 0.268 e. The number of fused-ring (bicyclic) bond motifs is 2. The van der Waals surface area contributed by atoms with Gasteiger partial charge in [0.05, 0.1) is 26.4 Å². The summed E-state index contributed by atoms with van der Waals surface area (Å²) in [4.78, 5) is 52.6. The average molecular weight is 694 g/mol. The second-order valence-corrected chi connectivity index (χ2v) is 15.2. The number of anilines is 1. The third kappa shape index (κ3) is 6.57. The molecule has 50 heavy (non-hydrogen) atoms. The van der Waals surface area contributed by atoms with Gasteiger partial charge in [-0.25, -0.2) is 5.48 Å². The zero-order valence-electron chi connectivity index (χ0n) is 29.9. The van der Waals surface area contributed by atoms with Gasteiger partial charge < -0.3 is 30.5 Å². The summed E-state index contributed by atoms with van der Waals surface area (Å²) < 4.78 is 5.99. The van der Waals surface area contributed by atoms with E-state index in [4.69, 9.17) is 14.4 Å². The Morgan fingerprint density at radius 3 is 2.54 bits per heavy atom. The first kappa shape index (κ1) is 36.1. The van der Waals surface area contributed by atoms with Crippen LogP contribution >= 0.6 is 0 Å². The van der Waals surface area contributed by atoms with Gasteiger partial charge in [0.25, 0.3) is 11.8 Å². The zero-order valence-corrected chi connectivity index (χ0v) is 29.9. The number of aliphatic hydroxyl groups is 2. The molecule has 2 aromatic rings. The Kier molecular flexibility index (Phi) is 10.2. The van der Waals surface area contributed by atoms with Gasteiger partial charge in [-0.3, -0.25) is 24.1 Å². The van der Waals surface area contributed by atoms with Crippen LogP contribution in [0, 0.1) is 29.1 Å². The molecule has 7 rings (SSSR count). The number of carbonyl (C=O) groups is 3. The summed E-state index contributed by atoms with van der Waals surface area (Å²) in [5.41, 5.74) is 5.74. The smallest absolute Gasteiger partial charge is 0.268 e. The molecule has 13 heteroatoms. The van der Waals surface area contributed by atoms with Crippen LogP contribution in [0.3, 0.4) is 0 Å². The molecule has 2 aromatic carbocycles. The Morgan fingerprint density at radius 2 is 1.94 bits per heavy atom. The molecule has 2 bridgehead atoms. The molecule has 3 saturated carbocycles. The molecule has 13 nitrogen and oxygen atoms in total. The number of carbonyl (C=O) groups excluding carboxylic acids is 3. The number of ether oxygens (including phenoxy) is 1. The van der Waals surface area contributed by atoms with E-state index in [1.807, 2.05) is 43.3 Å². The Morgan fingerprint density at radius 1 is 1.18 bits per heavy atom. The first-order valence-electron chi connectivity index (χ1n) is 17.5. The number of rotatable bonds is 11. The van der Waals surface area contributed by atoms with E-state index in [0.29, 0.717) is 45.8 Å². The molecule has 2 saturated heterocycles. The second-order valence-electron chi connectivity index (χ2n) is 15.2. The summed E-state index contributed by atoms with van der Waals surface area (Å²) >= 11 is 0. The van der Waals surface area contributed by atoms with Crippen molar-refractivity contribution in [3.05, 3.63) is 47.5 Å². The van der Waals surface area contributed by atoms with Crippen LogP contribution in [0.25, 0.3) is 11.1 Å². The van der Waals surface area contributed by atoms with Gasteiger partial charge >= 0.3 is 0 Å². The van der Waals surface area contributed by atoms with Gasteiger partial charge in [0.1, 0.15) is 30.5 Å². The highest BCUT2D eigenvalue weighted by Gasteiger charge is 2.57. The molecule has 3 aliphatic carbocycles. The minimum atomic E-state index is -0.919. The van der Waals surface area contributed by atoms with Crippen molar-refractivity contribution in [1.29, 1.82) is 0 Å². The van der Waals surface area contributed by atoms with Crippen molar-refractivity contribution >= 4 is 23.4 Å². The van der Waals surface area contributed by atoms with Crippen LogP contribution in [0.4, 0.5) is 5.69 Å². The number of methoxy groups -OCH3 is 1. The van der Waals surface area contributed by atoms with Crippen molar-refractivity contribution in [3.63, 3.8) is 0 Å². The van der Waals surface area contributed by atoms with Gasteiger partial charge in [-0.2, -0.15) is 5.06 Å². The number of hydrogen-bond acceptors (Lipinski definition) is 10. The van der Waals surface area contributed by atoms with E-state index in [9.17, 15) is 24.6 Å². The largest absolute Gasteiger partial charge is 0.496 e. The van der Waals surface area contributed by atoms with Gasteiger partial charge in [-0.05, 0) is 66.7 Å². The summed E-state index contributed by atoms with van der Waals surface area (Å²) in [7, 11) is 5.30. The minimum Gasteiger partial charge on any atom is -0.496 e. The molecule has 9 atom stereocenters. The van der Waals surface area contributed by atoms with Crippen molar-refractivity contribution in [1.82, 2.24) is 21.2 Å². The lowest BCUT2D eigenvalue weighted by Gasteiger charge is -2.62. The van der Waals surface area contributed by atoms with E-state index in [1.54, 1.807) is 31.2 Å². The highest BCUT2D eigenvalue weighted by atomic mass is 16.7. The van der Waals surface area contributed by atoms with Gasteiger partial charge in [-0.1, -0.05) is 39.0 Å². The monoisotopic (exact) mass is 693 g/mol. The third-order valence-corrected chi connectivity index (χ3v) is 11.7. The number of hydrogen-bond donors (Lipinski definition) is 5. The SMILES string of the molecule is COc1c(CN2O[C@@H](CO)[C@H]([C@H](C)O)[C@H]2C(=O)N[C@H]2C[C@H]3C[C@@H]([C@@H]2C)C3(C)C)cccc1-c1cc(C(=O)N[C@@H]2CONC2=O)cc(N(C)C)c1. The van der Waals surface area contributed by atoms with Crippen molar-refractivity contribution in [2.45, 2.75) is 77.4 Å². The van der Waals surface area contributed by atoms with Gasteiger partial charge in [0, 0.05) is 48.4 Å². The molecular formula is C37H51N5O8. The number of nitrogens with one attached hydrogen (secondary N) is 3. The fraction of sp³-hybridized carbons (Fsp3) is 0.595. The molecule has 0 unspecified atom stereocenters. The number of benzene rings is 2. The van der Waals surface area contributed by atoms with Crippen LogP contribution in [0.1, 0.15) is 56.5 Å². The number of nitrogens with zero attached hydrogens (tertiary/aromatic N) is 2. The minimum absolute atomic E-state index is 0.0211. The lowest BCUT2D eigenvalue weighted by molar-refractivity contribution is -0.183. The first-order chi connectivity index (χ1) is 23.7. The number of para-hydroxylation sites is 1. The summed E-state index contributed by atoms with van der Waals surface area (Å²) in [6.07, 6.45) is 0.406. The van der Waals surface area contributed by atoms with Crippen LogP contribution in [-0.4, -0.2) is 97.8 Å². The molecule has 5 N–H and O–H groups in total. The zero-order chi connectivity index (χ0) is 36.1. The van der Waals surface area contributed by atoms with Crippen LogP contribution in [0.2, 0.25) is 0 Å². The van der Waals surface area contributed by atoms with Crippen molar-refractivity contribution in [3.8, 4) is 16.9 Å². The maximum atomic E-state index is 14.2. The van der Waals surface area contributed by atoms with Gasteiger partial charge in [0.15, 0.2) is 0 Å². The van der Waals surface area contributed by atoms with Crippen LogP contribution in [0.5, 0.6) is 5.75 Å². The standard InChI is InChI=1S/C37H51N5O8/c1-19-27-14-24(37(27,3)4)15-28(19)38-36(47)32-31(20(2)44)30(17-43)50-42(32)16-21-9-8-10-26(33(21)48-7)22-11-23(13-25(12-22)41(5)6)34(45)39-29-18-49-40-35(29)46/h8-13,19-20,24,27-32,43-44H,14-18H2,1-7H3,(H,38,47)(H,39,45)(H,40,46)/t19-,20-,24+,27-,28-,29+,30-,31-,32-/m0/s1. The van der Waals surface area contributed by atoms with E-state index in [2.05, 4.69) is 36.9 Å². The molecule has 0 aromatic heterocycles. The molecule has 2 heterocycles. The molecule has 0 radical (unpaired) electrons. The predicted molar refractivity (Wildman–Crippen MR) is 186 cm³/mol. The molecule has 0 spiro atoms. The molecule has 2 aliphatic heterocycles. The average Bonchev–Trinajstić information content (AvgIpc) is 3.67. The first-order valence-corrected chi connectivity index (χ1v) is 17.5. The summed E-state index contributed by atoms with van der Waals surface area (Å²) in [5, 5.41) is 28.8. The Balaban J connectivity index is 1.29. The van der Waals surface area contributed by atoms with E-state index in [-0.39, 0.29) is 37.1 Å². The number of amides is 3. The van der Waals surface area contributed by atoms with Crippen molar-refractivity contribution < 1.29 is 39.0 Å². The maximum absolute atomic E-state index is 14.2. The highest BCUT2D eigenvalue weighted by Crippen LogP contribution is 2.61. The number of aliphatic hydroxyl groups excluding tert-OH is 2. The third-order valence-electron chi connectivity index (χ3n) is 11.7. The van der Waals surface area contributed by atoms with E-state index in [0.717, 1.165) is 12.1 Å². The normalized spacial score (nSPS) is 30.6. The van der Waals surface area contributed by atoms with Gasteiger partial charge in [0.2, 0.25) is 5.91 Å².